The number of hydrogen-bond donors (Lipinski definition) is 3. The molecule has 11 heteroatoms. The van der Waals surface area contributed by atoms with Crippen molar-refractivity contribution in [2.24, 2.45) is 11.5 Å². The molecule has 1 aromatic heterocycles. The molecule has 1 amide bonds. The first-order chi connectivity index (χ1) is 16.8. The number of hydrogen-bond acceptors (Lipinski definition) is 8. The number of nitrogens with two attached hydrogens (primary N) is 2. The zero-order chi connectivity index (χ0) is 25.3. The average molecular weight is 480 g/mol. The summed E-state index contributed by atoms with van der Waals surface area (Å²) in [5, 5.41) is 19.0. The van der Waals surface area contributed by atoms with E-state index in [0.717, 1.165) is 0 Å². The van der Waals surface area contributed by atoms with Gasteiger partial charge >= 0.3 is 0 Å². The van der Waals surface area contributed by atoms with Gasteiger partial charge in [0.15, 0.2) is 11.6 Å². The Kier molecular flexibility index (Phi) is 6.59. The maximum Gasteiger partial charge on any atom is 0.268 e. The van der Waals surface area contributed by atoms with Crippen molar-refractivity contribution in [2.75, 3.05) is 25.2 Å². The number of ether oxygens (including phenoxy) is 1. The number of methoxy groups -OCH3 is 1. The second-order valence-electron chi connectivity index (χ2n) is 8.08. The van der Waals surface area contributed by atoms with Crippen LogP contribution in [0, 0.1) is 23.0 Å². The lowest BCUT2D eigenvalue weighted by Gasteiger charge is -2.28. The van der Waals surface area contributed by atoms with Crippen LogP contribution in [0.1, 0.15) is 22.5 Å². The molecule has 9 nitrogen and oxygen atoms in total. The van der Waals surface area contributed by atoms with Gasteiger partial charge in [-0.1, -0.05) is 0 Å². The number of rotatable bonds is 6. The van der Waals surface area contributed by atoms with E-state index in [1.165, 1.54) is 43.6 Å². The van der Waals surface area contributed by atoms with Gasteiger partial charge in [0.2, 0.25) is 0 Å². The molecule has 180 valence electrons. The Morgan fingerprint density at radius 1 is 1.31 bits per heavy atom. The van der Waals surface area contributed by atoms with E-state index in [-0.39, 0.29) is 58.2 Å². The lowest BCUT2D eigenvalue weighted by molar-refractivity contribution is 0.0996. The first kappa shape index (κ1) is 24.0. The summed E-state index contributed by atoms with van der Waals surface area (Å²) < 4.78 is 34.5. The van der Waals surface area contributed by atoms with Gasteiger partial charge in [-0.05, 0) is 36.8 Å². The summed E-state index contributed by atoms with van der Waals surface area (Å²) in [6.45, 7) is 0.231. The lowest BCUT2D eigenvalue weighted by Crippen LogP contribution is -2.33. The van der Waals surface area contributed by atoms with Gasteiger partial charge in [-0.2, -0.15) is 5.26 Å². The molecule has 1 aliphatic rings. The highest BCUT2D eigenvalue weighted by Crippen LogP contribution is 2.38. The number of aromatic nitrogens is 2. The Balaban J connectivity index is 1.92. The van der Waals surface area contributed by atoms with Gasteiger partial charge in [-0.25, -0.2) is 18.7 Å². The molecule has 35 heavy (non-hydrogen) atoms. The second kappa shape index (κ2) is 9.61. The Labute approximate surface area is 199 Å². The SMILES string of the molecule is COc1ccc(C#N)c(F)c1-c1ncc(-c2cc(F)ccc2N2C[C@@H](N)C[C@H]2CO)c(C(N)=O)n1. The van der Waals surface area contributed by atoms with Gasteiger partial charge in [0.25, 0.3) is 5.91 Å². The van der Waals surface area contributed by atoms with Crippen molar-refractivity contribution >= 4 is 11.6 Å². The van der Waals surface area contributed by atoms with E-state index in [4.69, 9.17) is 16.2 Å². The molecule has 3 aromatic rings. The van der Waals surface area contributed by atoms with Crippen molar-refractivity contribution in [2.45, 2.75) is 18.5 Å². The van der Waals surface area contributed by atoms with Gasteiger partial charge in [-0.3, -0.25) is 4.79 Å². The van der Waals surface area contributed by atoms with Crippen molar-refractivity contribution in [3.8, 4) is 34.3 Å². The normalized spacial score (nSPS) is 17.3. The number of carbonyl (C=O) groups excluding carboxylic acids is 1. The van der Waals surface area contributed by atoms with Crippen LogP contribution in [0.25, 0.3) is 22.5 Å². The van der Waals surface area contributed by atoms with Crippen LogP contribution in [0.15, 0.2) is 36.5 Å². The largest absolute Gasteiger partial charge is 0.496 e. The molecule has 0 radical (unpaired) electrons. The van der Waals surface area contributed by atoms with E-state index in [2.05, 4.69) is 9.97 Å². The van der Waals surface area contributed by atoms with E-state index >= 15 is 4.39 Å². The van der Waals surface area contributed by atoms with Crippen molar-refractivity contribution in [3.05, 3.63) is 59.4 Å². The summed E-state index contributed by atoms with van der Waals surface area (Å²) in [5.41, 5.74) is 11.8. The molecule has 0 aliphatic carbocycles. The minimum absolute atomic E-state index is 0.0490. The summed E-state index contributed by atoms with van der Waals surface area (Å²) in [7, 11) is 1.31. The number of benzene rings is 2. The van der Waals surface area contributed by atoms with Crippen LogP contribution in [0.4, 0.5) is 14.5 Å². The smallest absolute Gasteiger partial charge is 0.268 e. The molecular formula is C24H22F2N6O3. The zero-order valence-electron chi connectivity index (χ0n) is 18.7. The van der Waals surface area contributed by atoms with Gasteiger partial charge in [0.1, 0.15) is 23.3 Å². The fourth-order valence-electron chi connectivity index (χ4n) is 4.31. The molecule has 1 saturated heterocycles. The molecule has 4 rings (SSSR count). The first-order valence-electron chi connectivity index (χ1n) is 10.7. The van der Waals surface area contributed by atoms with Gasteiger partial charge in [-0.15, -0.1) is 0 Å². The Morgan fingerprint density at radius 3 is 2.74 bits per heavy atom. The minimum atomic E-state index is -0.952. The van der Waals surface area contributed by atoms with Crippen molar-refractivity contribution in [3.63, 3.8) is 0 Å². The molecular weight excluding hydrogens is 458 g/mol. The number of primary amides is 1. The molecule has 1 aliphatic heterocycles. The number of halogens is 2. The number of nitriles is 1. The number of nitrogens with zero attached hydrogens (tertiary/aromatic N) is 4. The quantitative estimate of drug-likeness (QED) is 0.484. The van der Waals surface area contributed by atoms with Gasteiger partial charge < -0.3 is 26.2 Å². The number of carbonyl (C=O) groups is 1. The Hall–Kier alpha value is -4.14. The van der Waals surface area contributed by atoms with Crippen molar-refractivity contribution in [1.82, 2.24) is 9.97 Å². The fourth-order valence-corrected chi connectivity index (χ4v) is 4.31. The number of aliphatic hydroxyl groups is 1. The van der Waals surface area contributed by atoms with Gasteiger partial charge in [0, 0.05) is 35.6 Å². The zero-order valence-corrected chi connectivity index (χ0v) is 18.7. The van der Waals surface area contributed by atoms with Crippen molar-refractivity contribution < 1.29 is 23.4 Å². The summed E-state index contributed by atoms with van der Waals surface area (Å²) in [4.78, 5) is 22.6. The van der Waals surface area contributed by atoms with Crippen LogP contribution >= 0.6 is 0 Å². The van der Waals surface area contributed by atoms with E-state index in [0.29, 0.717) is 18.7 Å². The highest BCUT2D eigenvalue weighted by molar-refractivity contribution is 6.00. The molecule has 2 aromatic carbocycles. The van der Waals surface area contributed by atoms with Crippen LogP contribution in [0.3, 0.4) is 0 Å². The van der Waals surface area contributed by atoms with E-state index in [9.17, 15) is 19.6 Å². The molecule has 5 N–H and O–H groups in total. The summed E-state index contributed by atoms with van der Waals surface area (Å²) in [6, 6.07) is 7.83. The maximum absolute atomic E-state index is 15.0. The highest BCUT2D eigenvalue weighted by atomic mass is 19.1. The standard InChI is InChI=1S/C24H22F2N6O3/c1-35-19-5-2-12(8-27)21(26)20(19)24-30-9-17(22(31-24)23(29)34)16-6-13(25)3-4-18(16)32-10-14(28)7-15(32)11-33/h2-6,9,14-15,33H,7,10-11,28H2,1H3,(H2,29,34)/t14-,15-/m0/s1. The monoisotopic (exact) mass is 480 g/mol. The van der Waals surface area contributed by atoms with Gasteiger partial charge in [0.05, 0.1) is 30.9 Å². The minimum Gasteiger partial charge on any atom is -0.496 e. The molecule has 0 spiro atoms. The topological polar surface area (TPSA) is 151 Å². The predicted molar refractivity (Wildman–Crippen MR) is 123 cm³/mol. The molecule has 0 saturated carbocycles. The maximum atomic E-state index is 15.0. The van der Waals surface area contributed by atoms with E-state index < -0.39 is 17.5 Å². The van der Waals surface area contributed by atoms with Crippen LogP contribution in [-0.2, 0) is 0 Å². The van der Waals surface area contributed by atoms with Crippen LogP contribution in [-0.4, -0.2) is 53.3 Å². The average Bonchev–Trinajstić information content (AvgIpc) is 3.23. The summed E-state index contributed by atoms with van der Waals surface area (Å²) >= 11 is 0. The molecule has 0 unspecified atom stereocenters. The summed E-state index contributed by atoms with van der Waals surface area (Å²) in [6.07, 6.45) is 1.77. The summed E-state index contributed by atoms with van der Waals surface area (Å²) in [5.74, 6) is -2.64. The molecule has 2 atom stereocenters. The Bertz CT molecular complexity index is 1340. The van der Waals surface area contributed by atoms with E-state index in [1.807, 2.05) is 4.90 Å². The van der Waals surface area contributed by atoms with Crippen LogP contribution in [0.5, 0.6) is 5.75 Å². The lowest BCUT2D eigenvalue weighted by atomic mass is 10.0. The molecule has 2 heterocycles. The number of aliphatic hydroxyl groups excluding tert-OH is 1. The molecule has 0 bridgehead atoms. The van der Waals surface area contributed by atoms with Crippen LogP contribution < -0.4 is 21.1 Å². The third-order valence-corrected chi connectivity index (χ3v) is 5.91. The highest BCUT2D eigenvalue weighted by Gasteiger charge is 2.32. The Morgan fingerprint density at radius 2 is 2.09 bits per heavy atom. The number of amides is 1. The van der Waals surface area contributed by atoms with Crippen LogP contribution in [0.2, 0.25) is 0 Å². The molecule has 1 fully saturated rings. The van der Waals surface area contributed by atoms with E-state index in [1.54, 1.807) is 6.07 Å². The fraction of sp³-hybridized carbons (Fsp3) is 0.250. The first-order valence-corrected chi connectivity index (χ1v) is 10.7. The predicted octanol–water partition coefficient (Wildman–Crippen LogP) is 1.97. The third kappa shape index (κ3) is 4.37. The van der Waals surface area contributed by atoms with Crippen molar-refractivity contribution in [1.29, 1.82) is 5.26 Å². The second-order valence-corrected chi connectivity index (χ2v) is 8.08. The third-order valence-electron chi connectivity index (χ3n) is 5.91. The number of anilines is 1.